The van der Waals surface area contributed by atoms with E-state index in [1.54, 1.807) is 83.4 Å². The summed E-state index contributed by atoms with van der Waals surface area (Å²) in [5, 5.41) is 5.65. The molecule has 0 unspecified atom stereocenters. The van der Waals surface area contributed by atoms with Crippen molar-refractivity contribution in [3.05, 3.63) is 73.2 Å². The lowest BCUT2D eigenvalue weighted by atomic mass is 9.92. The van der Waals surface area contributed by atoms with Gasteiger partial charge in [-0.2, -0.15) is 0 Å². The first-order valence-corrected chi connectivity index (χ1v) is 25.6. The molecule has 1 N–H and O–H groups in total. The highest BCUT2D eigenvalue weighted by atomic mass is 33.1. The Morgan fingerprint density at radius 2 is 0.769 bits per heavy atom. The minimum absolute atomic E-state index is 0. The lowest BCUT2D eigenvalue weighted by Gasteiger charge is -2.33. The van der Waals surface area contributed by atoms with Gasteiger partial charge in [0.1, 0.15) is 21.7 Å². The molecule has 3 aromatic heterocycles. The molecule has 13 nitrogen and oxygen atoms in total. The van der Waals surface area contributed by atoms with Gasteiger partial charge in [0.15, 0.2) is 0 Å². The molecule has 19 heteroatoms. The smallest absolute Gasteiger partial charge is 0.245 e. The van der Waals surface area contributed by atoms with Gasteiger partial charge >= 0.3 is 0 Å². The fourth-order valence-electron chi connectivity index (χ4n) is 4.37. The Hall–Kier alpha value is -1.30. The van der Waals surface area contributed by atoms with E-state index in [2.05, 4.69) is 20.3 Å². The molecular formula is C46H88N4O9S6. The number of pyridine rings is 3. The summed E-state index contributed by atoms with van der Waals surface area (Å²) >= 11 is 0. The fourth-order valence-corrected chi connectivity index (χ4v) is 9.59. The second kappa shape index (κ2) is 53.7. The van der Waals surface area contributed by atoms with Crippen LogP contribution >= 0.6 is 64.8 Å². The molecule has 3 rings (SSSR count). The van der Waals surface area contributed by atoms with E-state index < -0.39 is 5.41 Å². The van der Waals surface area contributed by atoms with Crippen molar-refractivity contribution < 1.29 is 42.7 Å². The van der Waals surface area contributed by atoms with Gasteiger partial charge in [-0.1, -0.05) is 110 Å². The van der Waals surface area contributed by atoms with Crippen LogP contribution in [-0.4, -0.2) is 150 Å². The number of nitrogens with one attached hydrogen (secondary N) is 1. The number of ether oxygens (including phenoxy) is 8. The number of carbonyl (C=O) groups is 1. The third-order valence-electron chi connectivity index (χ3n) is 7.01. The van der Waals surface area contributed by atoms with Crippen molar-refractivity contribution in [2.75, 3.05) is 130 Å². The molecular weight excluding hydrogens is 945 g/mol. The molecule has 3 heterocycles. The predicted octanol–water partition coefficient (Wildman–Crippen LogP) is 11.8. The highest BCUT2D eigenvalue weighted by Gasteiger charge is 2.32. The van der Waals surface area contributed by atoms with E-state index >= 15 is 0 Å². The molecule has 1 amide bonds. The molecule has 0 bridgehead atoms. The summed E-state index contributed by atoms with van der Waals surface area (Å²) in [4.78, 5) is 24.8. The fraction of sp³-hybridized carbons (Fsp3) is 0.652. The third-order valence-corrected chi connectivity index (χ3v) is 13.7. The van der Waals surface area contributed by atoms with Crippen LogP contribution in [0.4, 0.5) is 0 Å². The van der Waals surface area contributed by atoms with E-state index in [1.807, 2.05) is 61.5 Å². The molecule has 0 aliphatic rings. The summed E-state index contributed by atoms with van der Waals surface area (Å²) in [6, 6.07) is 17.6. The number of hydrogen-bond donors (Lipinski definition) is 1. The normalized spacial score (nSPS) is 10.2. The minimum atomic E-state index is -0.626. The van der Waals surface area contributed by atoms with Crippen LogP contribution in [0, 0.1) is 5.41 Å². The van der Waals surface area contributed by atoms with Crippen molar-refractivity contribution in [1.82, 2.24) is 20.3 Å². The van der Waals surface area contributed by atoms with E-state index in [1.165, 1.54) is 0 Å². The summed E-state index contributed by atoms with van der Waals surface area (Å²) < 4.78 is 47.6. The predicted molar refractivity (Wildman–Crippen MR) is 289 cm³/mol. The first-order chi connectivity index (χ1) is 28.2. The van der Waals surface area contributed by atoms with Gasteiger partial charge < -0.3 is 43.2 Å². The number of amides is 1. The molecule has 0 spiro atoms. The highest BCUT2D eigenvalue weighted by molar-refractivity contribution is 8.77. The molecule has 382 valence electrons. The van der Waals surface area contributed by atoms with Crippen LogP contribution in [0.1, 0.15) is 66.3 Å². The van der Waals surface area contributed by atoms with Crippen molar-refractivity contribution in [1.29, 1.82) is 0 Å². The number of nitrogens with zero attached hydrogens (tertiary/aromatic N) is 3. The maximum absolute atomic E-state index is 11.8. The van der Waals surface area contributed by atoms with Crippen molar-refractivity contribution in [2.45, 2.75) is 81.4 Å². The molecule has 0 saturated carbocycles. The zero-order chi connectivity index (χ0) is 40.2. The van der Waals surface area contributed by atoms with Crippen molar-refractivity contribution in [3.63, 3.8) is 0 Å². The van der Waals surface area contributed by atoms with E-state index in [9.17, 15) is 4.79 Å². The Kier molecular flexibility index (Phi) is 62.1. The largest absolute Gasteiger partial charge is 0.378 e. The lowest BCUT2D eigenvalue weighted by molar-refractivity contribution is -0.129. The van der Waals surface area contributed by atoms with Gasteiger partial charge in [0.25, 0.3) is 0 Å². The average Bonchev–Trinajstić information content (AvgIpc) is 3.24. The van der Waals surface area contributed by atoms with Crippen LogP contribution in [0.15, 0.2) is 88.3 Å². The molecule has 0 aliphatic heterocycles. The molecule has 0 aromatic carbocycles. The first-order valence-electron chi connectivity index (χ1n) is 18.7. The number of aromatic nitrogens is 3. The maximum atomic E-state index is 11.8. The van der Waals surface area contributed by atoms with E-state index in [0.29, 0.717) is 99.0 Å². The molecule has 0 fully saturated rings. The SMILES string of the molecule is C.C.C.C.C.C.C.C.CCNC(=O)COCCOCC(COCCOCCSSc1ccccn1)(COCCOCCSSc1ccccn1)COCCOCCSSc1ccccn1. The summed E-state index contributed by atoms with van der Waals surface area (Å²) in [7, 11) is 10.0. The summed E-state index contributed by atoms with van der Waals surface area (Å²) in [5.41, 5.74) is -0.626. The molecule has 3 aromatic rings. The Morgan fingerprint density at radius 1 is 0.462 bits per heavy atom. The Balaban J connectivity index is -0.00000109. The number of hydrogen-bond acceptors (Lipinski definition) is 18. The van der Waals surface area contributed by atoms with Crippen LogP contribution in [0.3, 0.4) is 0 Å². The summed E-state index contributed by atoms with van der Waals surface area (Å²) in [6.07, 6.45) is 5.37. The molecule has 0 atom stereocenters. The van der Waals surface area contributed by atoms with Gasteiger partial charge in [-0.25, -0.2) is 15.0 Å². The molecule has 0 aliphatic carbocycles. The zero-order valence-electron chi connectivity index (χ0n) is 32.5. The van der Waals surface area contributed by atoms with Crippen LogP contribution in [0.2, 0.25) is 0 Å². The third kappa shape index (κ3) is 41.4. The first kappa shape index (κ1) is 75.2. The summed E-state index contributed by atoms with van der Waals surface area (Å²) in [6.45, 7) is 8.64. The second-order valence-corrected chi connectivity index (χ2v) is 19.1. The monoisotopic (exact) mass is 1030 g/mol. The number of rotatable bonds is 38. The van der Waals surface area contributed by atoms with Gasteiger partial charge in [0.05, 0.1) is 105 Å². The van der Waals surface area contributed by atoms with Crippen LogP contribution < -0.4 is 5.32 Å². The van der Waals surface area contributed by atoms with Gasteiger partial charge in [-0.3, -0.25) is 4.79 Å². The molecule has 0 saturated heterocycles. The Bertz CT molecular complexity index is 1240. The zero-order valence-corrected chi connectivity index (χ0v) is 37.4. The van der Waals surface area contributed by atoms with Crippen molar-refractivity contribution >= 4 is 70.7 Å². The number of carbonyl (C=O) groups excluding carboxylic acids is 1. The van der Waals surface area contributed by atoms with Crippen LogP contribution in [0.25, 0.3) is 0 Å². The second-order valence-electron chi connectivity index (χ2n) is 11.8. The van der Waals surface area contributed by atoms with Crippen molar-refractivity contribution in [3.8, 4) is 0 Å². The van der Waals surface area contributed by atoms with E-state index in [0.717, 1.165) is 32.3 Å². The minimum Gasteiger partial charge on any atom is -0.378 e. The number of likely N-dealkylation sites (N-methyl/N-ethyl adjacent to an activating group) is 1. The van der Waals surface area contributed by atoms with Crippen LogP contribution in [-0.2, 0) is 42.7 Å². The molecule has 0 radical (unpaired) electrons. The molecule has 65 heavy (non-hydrogen) atoms. The van der Waals surface area contributed by atoms with E-state index in [-0.39, 0.29) is 78.5 Å². The van der Waals surface area contributed by atoms with Gasteiger partial charge in [0, 0.05) is 42.4 Å². The maximum Gasteiger partial charge on any atom is 0.245 e. The lowest BCUT2D eigenvalue weighted by Crippen LogP contribution is -2.43. The standard InChI is InChI=1S/C38H56N4O9S6.8CH4/c1-2-39-34(43)29-47-18-22-51-33-38(30-48-19-15-44-23-26-52-55-35-9-3-6-12-40-35,31-49-20-16-45-24-27-53-56-36-10-4-7-13-41-36)32-50-21-17-46-25-28-54-57-37-11-5-8-14-42-37;;;;;;;;/h3-14H,2,15-33H2,1H3,(H,39,43);8*1H4. The highest BCUT2D eigenvalue weighted by Crippen LogP contribution is 2.30. The topological polar surface area (TPSA) is 142 Å². The van der Waals surface area contributed by atoms with Crippen LogP contribution in [0.5, 0.6) is 0 Å². The van der Waals surface area contributed by atoms with Crippen molar-refractivity contribution in [2.24, 2.45) is 5.41 Å². The van der Waals surface area contributed by atoms with Gasteiger partial charge in [-0.05, 0) is 75.7 Å². The quantitative estimate of drug-likeness (QED) is 0.0429. The summed E-state index contributed by atoms with van der Waals surface area (Å²) in [5.74, 6) is 2.33. The van der Waals surface area contributed by atoms with E-state index in [4.69, 9.17) is 37.9 Å². The van der Waals surface area contributed by atoms with Gasteiger partial charge in [-0.15, -0.1) is 0 Å². The van der Waals surface area contributed by atoms with Gasteiger partial charge in [0.2, 0.25) is 5.91 Å². The Labute approximate surface area is 420 Å². The average molecular weight is 1030 g/mol. The Morgan fingerprint density at radius 3 is 1.06 bits per heavy atom.